The third-order valence-electron chi connectivity index (χ3n) is 8.02. The van der Waals surface area contributed by atoms with Crippen LogP contribution >= 0.6 is 0 Å². The van der Waals surface area contributed by atoms with Gasteiger partial charge >= 0.3 is 0 Å². The molecule has 1 N–H and O–H groups in total. The van der Waals surface area contributed by atoms with E-state index in [0.29, 0.717) is 0 Å². The number of phenols is 1. The lowest BCUT2D eigenvalue weighted by atomic mass is 9.83. The highest BCUT2D eigenvalue weighted by molar-refractivity contribution is 6.01. The molecular weight excluding hydrogens is 520 g/mol. The van der Waals surface area contributed by atoms with Crippen molar-refractivity contribution < 1.29 is 5.11 Å². The normalized spacial score (nSPS) is 10.9. The van der Waals surface area contributed by atoms with Crippen molar-refractivity contribution in [1.29, 1.82) is 0 Å². The molecule has 0 radical (unpaired) electrons. The lowest BCUT2D eigenvalue weighted by molar-refractivity contribution is 0.479. The molecule has 0 aliphatic rings. The van der Waals surface area contributed by atoms with E-state index in [9.17, 15) is 5.11 Å². The van der Waals surface area contributed by atoms with Crippen LogP contribution in [0.2, 0.25) is 0 Å². The van der Waals surface area contributed by atoms with E-state index >= 15 is 0 Å². The lowest BCUT2D eigenvalue weighted by Crippen LogP contribution is -1.94. The molecule has 0 saturated heterocycles. The molecular formula is C42H30O. The van der Waals surface area contributed by atoms with Crippen molar-refractivity contribution in [1.82, 2.24) is 0 Å². The summed E-state index contributed by atoms with van der Waals surface area (Å²) in [6, 6.07) is 60.7. The lowest BCUT2D eigenvalue weighted by Gasteiger charge is -2.21. The van der Waals surface area contributed by atoms with Gasteiger partial charge in [-0.1, -0.05) is 164 Å². The van der Waals surface area contributed by atoms with Crippen molar-refractivity contribution in [3.63, 3.8) is 0 Å². The predicted octanol–water partition coefficient (Wildman–Crippen LogP) is 11.4. The molecule has 0 unspecified atom stereocenters. The standard InChI is InChI=1S/C42H30O/c43-42-39(38-25-14-13-24-35(38)31-18-7-2-8-19-31)28-34(30-16-5-1-6-17-30)29-40(42)41-36(32-20-9-3-10-21-32)26-15-27-37(41)33-22-11-4-12-23-33/h1-29,43H. The average molecular weight is 551 g/mol. The fourth-order valence-corrected chi connectivity index (χ4v) is 5.97. The molecule has 7 aromatic carbocycles. The topological polar surface area (TPSA) is 20.2 Å². The van der Waals surface area contributed by atoms with Crippen molar-refractivity contribution >= 4 is 0 Å². The van der Waals surface area contributed by atoms with Gasteiger partial charge in [-0.05, 0) is 62.2 Å². The van der Waals surface area contributed by atoms with E-state index in [1.54, 1.807) is 0 Å². The van der Waals surface area contributed by atoms with Crippen LogP contribution in [-0.2, 0) is 0 Å². The molecule has 0 heterocycles. The molecule has 0 spiro atoms. The minimum atomic E-state index is 0.267. The quantitative estimate of drug-likeness (QED) is 0.218. The van der Waals surface area contributed by atoms with Crippen LogP contribution in [0.5, 0.6) is 5.75 Å². The highest BCUT2D eigenvalue weighted by Gasteiger charge is 2.22. The molecule has 0 aliphatic heterocycles. The molecule has 0 aliphatic carbocycles. The number of phenolic OH excluding ortho intramolecular Hbond substituents is 1. The monoisotopic (exact) mass is 550 g/mol. The van der Waals surface area contributed by atoms with Gasteiger partial charge in [0.2, 0.25) is 0 Å². The van der Waals surface area contributed by atoms with Gasteiger partial charge in [-0.15, -0.1) is 0 Å². The second-order valence-corrected chi connectivity index (χ2v) is 10.7. The first-order chi connectivity index (χ1) is 21.3. The van der Waals surface area contributed by atoms with Gasteiger partial charge in [0.25, 0.3) is 0 Å². The van der Waals surface area contributed by atoms with E-state index in [0.717, 1.165) is 66.8 Å². The molecule has 0 fully saturated rings. The second-order valence-electron chi connectivity index (χ2n) is 10.7. The van der Waals surface area contributed by atoms with Gasteiger partial charge in [0.1, 0.15) is 5.75 Å². The fraction of sp³-hybridized carbons (Fsp3) is 0. The highest BCUT2D eigenvalue weighted by atomic mass is 16.3. The molecule has 0 saturated carbocycles. The third kappa shape index (κ3) is 5.14. The summed E-state index contributed by atoms with van der Waals surface area (Å²) >= 11 is 0. The SMILES string of the molecule is Oc1c(-c2ccccc2-c2ccccc2)cc(-c2ccccc2)cc1-c1c(-c2ccccc2)cccc1-c1ccccc1. The van der Waals surface area contributed by atoms with Crippen LogP contribution in [0, 0.1) is 0 Å². The van der Waals surface area contributed by atoms with E-state index in [2.05, 4.69) is 146 Å². The molecule has 1 heteroatoms. The van der Waals surface area contributed by atoms with Crippen molar-refractivity contribution in [2.24, 2.45) is 0 Å². The van der Waals surface area contributed by atoms with Crippen LogP contribution in [0.1, 0.15) is 0 Å². The van der Waals surface area contributed by atoms with Crippen LogP contribution in [0.3, 0.4) is 0 Å². The van der Waals surface area contributed by atoms with Gasteiger partial charge in [0.15, 0.2) is 0 Å². The number of rotatable bonds is 6. The summed E-state index contributed by atoms with van der Waals surface area (Å²) in [5.41, 5.74) is 12.3. The summed E-state index contributed by atoms with van der Waals surface area (Å²) in [5, 5.41) is 12.4. The molecule has 1 nitrogen and oxygen atoms in total. The largest absolute Gasteiger partial charge is 0.507 e. The zero-order valence-corrected chi connectivity index (χ0v) is 23.7. The minimum Gasteiger partial charge on any atom is -0.507 e. The molecule has 0 amide bonds. The Hall–Kier alpha value is -5.66. The number of hydrogen-bond donors (Lipinski definition) is 1. The van der Waals surface area contributed by atoms with Crippen molar-refractivity contribution in [2.45, 2.75) is 0 Å². The van der Waals surface area contributed by atoms with Gasteiger partial charge < -0.3 is 5.11 Å². The Morgan fingerprint density at radius 3 is 1.14 bits per heavy atom. The van der Waals surface area contributed by atoms with Crippen molar-refractivity contribution in [3.8, 4) is 72.5 Å². The number of benzene rings is 7. The summed E-state index contributed by atoms with van der Waals surface area (Å²) in [4.78, 5) is 0. The van der Waals surface area contributed by atoms with Gasteiger partial charge in [-0.25, -0.2) is 0 Å². The molecule has 0 bridgehead atoms. The smallest absolute Gasteiger partial charge is 0.131 e. The van der Waals surface area contributed by atoms with Crippen LogP contribution in [0.4, 0.5) is 0 Å². The Morgan fingerprint density at radius 1 is 0.256 bits per heavy atom. The Labute approximate surface area is 253 Å². The van der Waals surface area contributed by atoms with Crippen molar-refractivity contribution in [3.05, 3.63) is 176 Å². The van der Waals surface area contributed by atoms with Crippen LogP contribution in [0.25, 0.3) is 66.8 Å². The van der Waals surface area contributed by atoms with E-state index in [4.69, 9.17) is 0 Å². The van der Waals surface area contributed by atoms with Crippen LogP contribution in [-0.4, -0.2) is 5.11 Å². The van der Waals surface area contributed by atoms with E-state index in [-0.39, 0.29) is 5.75 Å². The molecule has 43 heavy (non-hydrogen) atoms. The molecule has 0 atom stereocenters. The summed E-state index contributed by atoms with van der Waals surface area (Å²) in [7, 11) is 0. The summed E-state index contributed by atoms with van der Waals surface area (Å²) in [6.07, 6.45) is 0. The molecule has 7 aromatic rings. The van der Waals surface area contributed by atoms with Gasteiger partial charge in [0.05, 0.1) is 0 Å². The molecule has 0 aromatic heterocycles. The third-order valence-corrected chi connectivity index (χ3v) is 8.02. The summed E-state index contributed by atoms with van der Waals surface area (Å²) in [5.74, 6) is 0.267. The fourth-order valence-electron chi connectivity index (χ4n) is 5.97. The average Bonchev–Trinajstić information content (AvgIpc) is 3.10. The Balaban J connectivity index is 1.58. The molecule has 7 rings (SSSR count). The number of hydrogen-bond acceptors (Lipinski definition) is 1. The maximum absolute atomic E-state index is 12.4. The predicted molar refractivity (Wildman–Crippen MR) is 181 cm³/mol. The zero-order chi connectivity index (χ0) is 29.0. The van der Waals surface area contributed by atoms with E-state index < -0.39 is 0 Å². The summed E-state index contributed by atoms with van der Waals surface area (Å²) < 4.78 is 0. The molecule has 204 valence electrons. The van der Waals surface area contributed by atoms with E-state index in [1.165, 1.54) is 0 Å². The number of aromatic hydroxyl groups is 1. The first-order valence-electron chi connectivity index (χ1n) is 14.6. The minimum absolute atomic E-state index is 0.267. The Morgan fingerprint density at radius 2 is 0.628 bits per heavy atom. The zero-order valence-electron chi connectivity index (χ0n) is 23.7. The highest BCUT2D eigenvalue weighted by Crippen LogP contribution is 2.49. The van der Waals surface area contributed by atoms with Gasteiger partial charge in [-0.2, -0.15) is 0 Å². The maximum atomic E-state index is 12.4. The first-order valence-corrected chi connectivity index (χ1v) is 14.6. The first kappa shape index (κ1) is 26.3. The van der Waals surface area contributed by atoms with Crippen LogP contribution < -0.4 is 0 Å². The second kappa shape index (κ2) is 11.7. The maximum Gasteiger partial charge on any atom is 0.131 e. The van der Waals surface area contributed by atoms with E-state index in [1.807, 2.05) is 30.3 Å². The van der Waals surface area contributed by atoms with Crippen molar-refractivity contribution in [2.75, 3.05) is 0 Å². The van der Waals surface area contributed by atoms with Crippen LogP contribution in [0.15, 0.2) is 176 Å². The Bertz CT molecular complexity index is 1940. The van der Waals surface area contributed by atoms with Gasteiger partial charge in [0, 0.05) is 16.7 Å². The Kier molecular flexibility index (Phi) is 7.13. The summed E-state index contributed by atoms with van der Waals surface area (Å²) in [6.45, 7) is 0. The van der Waals surface area contributed by atoms with Gasteiger partial charge in [-0.3, -0.25) is 0 Å².